The van der Waals surface area contributed by atoms with E-state index in [9.17, 15) is 8.42 Å². The average molecular weight is 239 g/mol. The monoisotopic (exact) mass is 238 g/mol. The highest BCUT2D eigenvalue weighted by atomic mass is 35.7. The van der Waals surface area contributed by atoms with Crippen LogP contribution in [0.2, 0.25) is 0 Å². The fourth-order valence-corrected chi connectivity index (χ4v) is 2.08. The minimum absolute atomic E-state index is 0.103. The second-order valence-corrected chi connectivity index (χ2v) is 5.84. The van der Waals surface area contributed by atoms with Gasteiger partial charge >= 0.3 is 0 Å². The van der Waals surface area contributed by atoms with Crippen LogP contribution in [0.4, 0.5) is 0 Å². The molecule has 0 unspecified atom stereocenters. The molecule has 0 atom stereocenters. The summed E-state index contributed by atoms with van der Waals surface area (Å²) in [5.41, 5.74) is 0. The first-order valence-corrected chi connectivity index (χ1v) is 7.14. The molecule has 0 fully saturated rings. The third-order valence-corrected chi connectivity index (χ3v) is 3.73. The van der Waals surface area contributed by atoms with E-state index >= 15 is 0 Å². The predicted molar refractivity (Wildman–Crippen MR) is 53.4 cm³/mol. The van der Waals surface area contributed by atoms with Gasteiger partial charge in [-0.1, -0.05) is 11.8 Å². The highest BCUT2D eigenvalue weighted by Gasteiger charge is 2.07. The maximum Gasteiger partial charge on any atom is 0.261 e. The van der Waals surface area contributed by atoms with Gasteiger partial charge in [-0.15, -0.1) is 0 Å². The molecule has 0 bridgehead atoms. The van der Waals surface area contributed by atoms with Gasteiger partial charge in [0.15, 0.2) is 0 Å². The van der Waals surface area contributed by atoms with Crippen LogP contribution in [0.15, 0.2) is 29.2 Å². The van der Waals surface area contributed by atoms with Gasteiger partial charge in [-0.2, -0.15) is 0 Å². The second kappa shape index (κ2) is 3.79. The van der Waals surface area contributed by atoms with Gasteiger partial charge in [0.1, 0.15) is 0 Å². The first-order valence-electron chi connectivity index (χ1n) is 2.92. The van der Waals surface area contributed by atoms with Crippen LogP contribution in [-0.4, -0.2) is 8.42 Å². The summed E-state index contributed by atoms with van der Waals surface area (Å²) in [5.74, 6) is 0. The fraction of sp³-hybridized carbons (Fsp3) is 0. The van der Waals surface area contributed by atoms with Crippen LogP contribution in [0, 0.1) is 0 Å². The molecule has 0 aliphatic heterocycles. The Bertz CT molecular complexity index is 385. The third kappa shape index (κ3) is 2.49. The normalized spacial score (nSPS) is 11.8. The zero-order valence-electron chi connectivity index (χ0n) is 5.77. The highest BCUT2D eigenvalue weighted by Crippen LogP contribution is 2.13. The SMILES string of the molecule is O=S(=O)(Cl)c1ccc(P=S)cc1. The van der Waals surface area contributed by atoms with E-state index in [1.807, 2.05) is 0 Å². The Labute approximate surface area is 81.8 Å². The van der Waals surface area contributed by atoms with Gasteiger partial charge in [0.2, 0.25) is 0 Å². The van der Waals surface area contributed by atoms with Crippen molar-refractivity contribution in [3.63, 3.8) is 0 Å². The lowest BCUT2D eigenvalue weighted by atomic mass is 10.4. The molecule has 0 heterocycles. The first kappa shape index (κ1) is 10.1. The zero-order valence-corrected chi connectivity index (χ0v) is 9.05. The van der Waals surface area contributed by atoms with Gasteiger partial charge in [-0.25, -0.2) is 8.42 Å². The minimum atomic E-state index is -3.59. The fourth-order valence-electron chi connectivity index (χ4n) is 0.670. The summed E-state index contributed by atoms with van der Waals surface area (Å²) in [4.78, 5) is 0.103. The maximum atomic E-state index is 10.8. The Kier molecular flexibility index (Phi) is 3.18. The lowest BCUT2D eigenvalue weighted by molar-refractivity contribution is 0.609. The summed E-state index contributed by atoms with van der Waals surface area (Å²) in [7, 11) is 2.20. The molecule has 12 heavy (non-hydrogen) atoms. The molecule has 0 spiro atoms. The van der Waals surface area contributed by atoms with Crippen molar-refractivity contribution >= 4 is 44.2 Å². The molecule has 0 radical (unpaired) electrons. The lowest BCUT2D eigenvalue weighted by Gasteiger charge is -1.94. The minimum Gasteiger partial charge on any atom is -0.207 e. The zero-order chi connectivity index (χ0) is 9.19. The van der Waals surface area contributed by atoms with Crippen LogP contribution in [0.1, 0.15) is 0 Å². The van der Waals surface area contributed by atoms with E-state index in [1.54, 1.807) is 12.1 Å². The largest absolute Gasteiger partial charge is 0.261 e. The topological polar surface area (TPSA) is 34.1 Å². The molecule has 2 nitrogen and oxygen atoms in total. The van der Waals surface area contributed by atoms with E-state index < -0.39 is 9.05 Å². The van der Waals surface area contributed by atoms with Crippen molar-refractivity contribution in [2.45, 2.75) is 4.90 Å². The first-order chi connectivity index (χ1) is 5.54. The number of benzene rings is 1. The summed E-state index contributed by atoms with van der Waals surface area (Å²) in [6, 6.07) is 6.17. The Morgan fingerprint density at radius 1 is 1.25 bits per heavy atom. The maximum absolute atomic E-state index is 10.8. The molecule has 6 heteroatoms. The highest BCUT2D eigenvalue weighted by molar-refractivity contribution is 8.13. The van der Waals surface area contributed by atoms with Crippen LogP contribution in [0.3, 0.4) is 0 Å². The predicted octanol–water partition coefficient (Wildman–Crippen LogP) is 1.65. The van der Waals surface area contributed by atoms with Crippen molar-refractivity contribution in [3.05, 3.63) is 24.3 Å². The molecule has 0 saturated heterocycles. The summed E-state index contributed by atoms with van der Waals surface area (Å²) >= 11 is 4.75. The number of halogens is 1. The van der Waals surface area contributed by atoms with Crippen molar-refractivity contribution < 1.29 is 8.42 Å². The van der Waals surface area contributed by atoms with E-state index in [-0.39, 0.29) is 4.90 Å². The van der Waals surface area contributed by atoms with Gasteiger partial charge < -0.3 is 0 Å². The smallest absolute Gasteiger partial charge is 0.207 e. The van der Waals surface area contributed by atoms with Crippen LogP contribution in [-0.2, 0) is 20.9 Å². The van der Waals surface area contributed by atoms with Crippen molar-refractivity contribution in [3.8, 4) is 0 Å². The molecule has 64 valence electrons. The van der Waals surface area contributed by atoms with Crippen LogP contribution >= 0.6 is 18.0 Å². The van der Waals surface area contributed by atoms with E-state index in [0.29, 0.717) is 7.36 Å². The molecule has 0 amide bonds. The number of hydrogen-bond acceptors (Lipinski definition) is 3. The van der Waals surface area contributed by atoms with Gasteiger partial charge in [0.25, 0.3) is 9.05 Å². The van der Waals surface area contributed by atoms with E-state index in [0.717, 1.165) is 5.30 Å². The van der Waals surface area contributed by atoms with E-state index in [2.05, 4.69) is 0 Å². The molecule has 0 saturated carbocycles. The molecular weight excluding hydrogens is 235 g/mol. The second-order valence-electron chi connectivity index (χ2n) is 2.02. The number of rotatable bonds is 2. The van der Waals surface area contributed by atoms with Crippen LogP contribution < -0.4 is 5.30 Å². The Morgan fingerprint density at radius 2 is 1.75 bits per heavy atom. The average Bonchev–Trinajstić information content (AvgIpc) is 2.03. The summed E-state index contributed by atoms with van der Waals surface area (Å²) < 4.78 is 21.5. The number of hydrogen-bond donors (Lipinski definition) is 0. The standard InChI is InChI=1S/C6H4ClO2PS2/c7-12(8,9)6-3-1-5(10-11)2-4-6/h1-4H. The van der Waals surface area contributed by atoms with E-state index in [1.165, 1.54) is 12.1 Å². The molecule has 1 aromatic rings. The van der Waals surface area contributed by atoms with E-state index in [4.69, 9.17) is 22.5 Å². The quantitative estimate of drug-likeness (QED) is 0.580. The summed E-state index contributed by atoms with van der Waals surface area (Å²) in [6.07, 6.45) is 0. The Hall–Kier alpha value is -0.0200. The molecule has 0 aliphatic rings. The summed E-state index contributed by atoms with van der Waals surface area (Å²) in [5, 5.41) is 0.883. The molecule has 0 aromatic heterocycles. The molecular formula is C6H4ClO2PS2. The lowest BCUT2D eigenvalue weighted by Crippen LogP contribution is -1.94. The van der Waals surface area contributed by atoms with Crippen LogP contribution in [0.5, 0.6) is 0 Å². The van der Waals surface area contributed by atoms with Crippen molar-refractivity contribution in [1.29, 1.82) is 0 Å². The Morgan fingerprint density at radius 3 is 2.08 bits per heavy atom. The third-order valence-electron chi connectivity index (χ3n) is 1.22. The molecule has 1 aromatic carbocycles. The Balaban J connectivity index is 3.17. The van der Waals surface area contributed by atoms with Crippen molar-refractivity contribution in [1.82, 2.24) is 0 Å². The van der Waals surface area contributed by atoms with Crippen molar-refractivity contribution in [2.24, 2.45) is 0 Å². The van der Waals surface area contributed by atoms with Gasteiger partial charge in [-0.3, -0.25) is 0 Å². The van der Waals surface area contributed by atoms with Gasteiger partial charge in [0, 0.05) is 23.3 Å². The molecule has 0 N–H and O–H groups in total. The van der Waals surface area contributed by atoms with Gasteiger partial charge in [-0.05, 0) is 24.3 Å². The molecule has 0 aliphatic carbocycles. The van der Waals surface area contributed by atoms with Crippen LogP contribution in [0.25, 0.3) is 0 Å². The van der Waals surface area contributed by atoms with Crippen molar-refractivity contribution in [2.75, 3.05) is 0 Å². The summed E-state index contributed by atoms with van der Waals surface area (Å²) in [6.45, 7) is 0. The van der Waals surface area contributed by atoms with Gasteiger partial charge in [0.05, 0.1) is 4.90 Å². The molecule has 1 rings (SSSR count).